The van der Waals surface area contributed by atoms with Crippen molar-refractivity contribution in [1.82, 2.24) is 15.5 Å². The molecule has 31 heavy (non-hydrogen) atoms. The molecular weight excluding hydrogens is 409 g/mol. The van der Waals surface area contributed by atoms with Crippen molar-refractivity contribution in [3.05, 3.63) is 59.5 Å². The predicted octanol–water partition coefficient (Wildman–Crippen LogP) is 4.11. The summed E-state index contributed by atoms with van der Waals surface area (Å²) in [6, 6.07) is 11.2. The number of hydrogen-bond acceptors (Lipinski definition) is 4. The standard InChI is InChI=1S/C22H31F3N4O2/c1-4-29(5-2)19(20-7-6-12-31-20)14-28-21(26-3)27-13-17-8-10-18(11-9-17)15-30-16-22(23,24)25/h6-12,19H,4-5,13-16H2,1-3H3,(H2,26,27,28). The maximum absolute atomic E-state index is 12.2. The highest BCUT2D eigenvalue weighted by atomic mass is 19.4. The van der Waals surface area contributed by atoms with Gasteiger partial charge in [-0.3, -0.25) is 9.89 Å². The van der Waals surface area contributed by atoms with Crippen LogP contribution in [0.2, 0.25) is 0 Å². The van der Waals surface area contributed by atoms with Gasteiger partial charge in [-0.25, -0.2) is 0 Å². The summed E-state index contributed by atoms with van der Waals surface area (Å²) in [5, 5.41) is 6.59. The molecule has 1 unspecified atom stereocenters. The first-order chi connectivity index (χ1) is 14.9. The van der Waals surface area contributed by atoms with Crippen LogP contribution in [-0.4, -0.2) is 50.3 Å². The smallest absolute Gasteiger partial charge is 0.411 e. The third kappa shape index (κ3) is 8.63. The molecule has 0 saturated carbocycles. The molecule has 172 valence electrons. The SMILES string of the molecule is CCN(CC)C(CNC(=NC)NCc1ccc(COCC(F)(F)F)cc1)c1ccco1. The fourth-order valence-corrected chi connectivity index (χ4v) is 3.19. The van der Waals surface area contributed by atoms with Crippen LogP contribution in [0.5, 0.6) is 0 Å². The number of halogens is 3. The van der Waals surface area contributed by atoms with Gasteiger partial charge in [0.25, 0.3) is 0 Å². The molecule has 0 aliphatic carbocycles. The Bertz CT molecular complexity index is 773. The Morgan fingerprint density at radius 1 is 1.10 bits per heavy atom. The Morgan fingerprint density at radius 3 is 2.32 bits per heavy atom. The molecule has 0 amide bonds. The molecule has 0 aliphatic rings. The summed E-state index contributed by atoms with van der Waals surface area (Å²) >= 11 is 0. The zero-order chi connectivity index (χ0) is 22.7. The van der Waals surface area contributed by atoms with E-state index in [1.807, 2.05) is 24.3 Å². The van der Waals surface area contributed by atoms with Crippen molar-refractivity contribution < 1.29 is 22.3 Å². The fourth-order valence-electron chi connectivity index (χ4n) is 3.19. The normalized spacial score (nSPS) is 13.5. The largest absolute Gasteiger partial charge is 0.468 e. The molecule has 1 atom stereocenters. The van der Waals surface area contributed by atoms with E-state index in [0.717, 1.165) is 24.4 Å². The minimum Gasteiger partial charge on any atom is -0.468 e. The van der Waals surface area contributed by atoms with Crippen LogP contribution in [0.1, 0.15) is 36.8 Å². The van der Waals surface area contributed by atoms with E-state index in [-0.39, 0.29) is 12.6 Å². The maximum atomic E-state index is 12.2. The quantitative estimate of drug-likeness (QED) is 0.407. The number of benzene rings is 1. The van der Waals surface area contributed by atoms with E-state index in [1.165, 1.54) is 0 Å². The maximum Gasteiger partial charge on any atom is 0.411 e. The molecule has 2 aromatic rings. The minimum absolute atomic E-state index is 0.0734. The number of alkyl halides is 3. The van der Waals surface area contributed by atoms with Gasteiger partial charge in [-0.05, 0) is 36.3 Å². The predicted molar refractivity (Wildman–Crippen MR) is 115 cm³/mol. The molecule has 1 aromatic carbocycles. The monoisotopic (exact) mass is 440 g/mol. The van der Waals surface area contributed by atoms with Crippen LogP contribution in [0.3, 0.4) is 0 Å². The molecule has 0 saturated heterocycles. The molecule has 2 rings (SSSR count). The number of aliphatic imine (C=N–C) groups is 1. The number of ether oxygens (including phenoxy) is 1. The zero-order valence-corrected chi connectivity index (χ0v) is 18.2. The van der Waals surface area contributed by atoms with Crippen molar-refractivity contribution in [3.63, 3.8) is 0 Å². The summed E-state index contributed by atoms with van der Waals surface area (Å²) in [5.41, 5.74) is 1.67. The van der Waals surface area contributed by atoms with Gasteiger partial charge in [-0.1, -0.05) is 38.1 Å². The average Bonchev–Trinajstić information content (AvgIpc) is 3.27. The third-order valence-electron chi connectivity index (χ3n) is 4.83. The molecule has 0 fully saturated rings. The highest BCUT2D eigenvalue weighted by molar-refractivity contribution is 5.79. The van der Waals surface area contributed by atoms with Crippen LogP contribution < -0.4 is 10.6 Å². The fraction of sp³-hybridized carbons (Fsp3) is 0.500. The summed E-state index contributed by atoms with van der Waals surface area (Å²) in [6.07, 6.45) is -2.63. The van der Waals surface area contributed by atoms with Gasteiger partial charge in [0.05, 0.1) is 18.9 Å². The highest BCUT2D eigenvalue weighted by Gasteiger charge is 2.27. The summed E-state index contributed by atoms with van der Waals surface area (Å²) in [4.78, 5) is 6.57. The van der Waals surface area contributed by atoms with Crippen LogP contribution in [0.25, 0.3) is 0 Å². The molecule has 9 heteroatoms. The van der Waals surface area contributed by atoms with E-state index in [1.54, 1.807) is 25.4 Å². The Morgan fingerprint density at radius 2 is 1.77 bits per heavy atom. The number of hydrogen-bond donors (Lipinski definition) is 2. The first-order valence-corrected chi connectivity index (χ1v) is 10.3. The van der Waals surface area contributed by atoms with Crippen molar-refractivity contribution in [2.24, 2.45) is 4.99 Å². The highest BCUT2D eigenvalue weighted by Crippen LogP contribution is 2.20. The lowest BCUT2D eigenvalue weighted by Gasteiger charge is -2.28. The van der Waals surface area contributed by atoms with Gasteiger partial charge in [0, 0.05) is 20.1 Å². The zero-order valence-electron chi connectivity index (χ0n) is 18.2. The molecule has 6 nitrogen and oxygen atoms in total. The van der Waals surface area contributed by atoms with Gasteiger partial charge in [-0.2, -0.15) is 13.2 Å². The first kappa shape index (κ1) is 24.7. The van der Waals surface area contributed by atoms with Crippen LogP contribution in [0, 0.1) is 0 Å². The molecule has 2 N–H and O–H groups in total. The Labute approximate surface area is 181 Å². The van der Waals surface area contributed by atoms with Gasteiger partial charge in [-0.15, -0.1) is 0 Å². The Balaban J connectivity index is 1.84. The van der Waals surface area contributed by atoms with Gasteiger partial charge in [0.1, 0.15) is 12.4 Å². The third-order valence-corrected chi connectivity index (χ3v) is 4.83. The lowest BCUT2D eigenvalue weighted by Crippen LogP contribution is -2.42. The number of guanidine groups is 1. The Hall–Kier alpha value is -2.52. The lowest BCUT2D eigenvalue weighted by atomic mass is 10.1. The number of likely N-dealkylation sites (N-methyl/N-ethyl adjacent to an activating group) is 1. The van der Waals surface area contributed by atoms with E-state index in [9.17, 15) is 13.2 Å². The molecule has 1 heterocycles. The van der Waals surface area contributed by atoms with Crippen LogP contribution in [0.15, 0.2) is 52.1 Å². The second-order valence-corrected chi connectivity index (χ2v) is 6.98. The molecule has 0 aliphatic heterocycles. The van der Waals surface area contributed by atoms with Crippen LogP contribution >= 0.6 is 0 Å². The van der Waals surface area contributed by atoms with Gasteiger partial charge < -0.3 is 19.8 Å². The summed E-state index contributed by atoms with van der Waals surface area (Å²) < 4.78 is 46.8. The van der Waals surface area contributed by atoms with E-state index >= 15 is 0 Å². The van der Waals surface area contributed by atoms with E-state index < -0.39 is 12.8 Å². The van der Waals surface area contributed by atoms with Gasteiger partial charge >= 0.3 is 6.18 Å². The van der Waals surface area contributed by atoms with Gasteiger partial charge in [0.15, 0.2) is 5.96 Å². The second-order valence-electron chi connectivity index (χ2n) is 6.98. The van der Waals surface area contributed by atoms with Crippen molar-refractivity contribution in [3.8, 4) is 0 Å². The number of rotatable bonds is 11. The lowest BCUT2D eigenvalue weighted by molar-refractivity contribution is -0.176. The summed E-state index contributed by atoms with van der Waals surface area (Å²) in [6.45, 7) is 5.86. The topological polar surface area (TPSA) is 62.0 Å². The summed E-state index contributed by atoms with van der Waals surface area (Å²) in [7, 11) is 1.70. The second kappa shape index (κ2) is 12.4. The van der Waals surface area contributed by atoms with Crippen molar-refractivity contribution in [2.75, 3.05) is 33.3 Å². The van der Waals surface area contributed by atoms with Crippen molar-refractivity contribution in [1.29, 1.82) is 0 Å². The van der Waals surface area contributed by atoms with E-state index in [2.05, 4.69) is 39.1 Å². The first-order valence-electron chi connectivity index (χ1n) is 10.3. The van der Waals surface area contributed by atoms with E-state index in [0.29, 0.717) is 24.6 Å². The number of nitrogens with zero attached hydrogens (tertiary/aromatic N) is 2. The number of nitrogens with one attached hydrogen (secondary N) is 2. The Kier molecular flexibility index (Phi) is 9.87. The molecule has 1 aromatic heterocycles. The molecule has 0 radical (unpaired) electrons. The summed E-state index contributed by atoms with van der Waals surface area (Å²) in [5.74, 6) is 1.55. The van der Waals surface area contributed by atoms with Gasteiger partial charge in [0.2, 0.25) is 0 Å². The molecule has 0 bridgehead atoms. The molecular formula is C22H31F3N4O2. The molecule has 0 spiro atoms. The van der Waals surface area contributed by atoms with Crippen LogP contribution in [0.4, 0.5) is 13.2 Å². The van der Waals surface area contributed by atoms with Crippen molar-refractivity contribution >= 4 is 5.96 Å². The minimum atomic E-state index is -4.31. The average molecular weight is 441 g/mol. The number of furan rings is 1. The van der Waals surface area contributed by atoms with Crippen LogP contribution in [-0.2, 0) is 17.9 Å². The van der Waals surface area contributed by atoms with Crippen molar-refractivity contribution in [2.45, 2.75) is 39.2 Å². The van der Waals surface area contributed by atoms with E-state index in [4.69, 9.17) is 4.42 Å².